The lowest BCUT2D eigenvalue weighted by molar-refractivity contribution is 0.0697. The van der Waals surface area contributed by atoms with Crippen molar-refractivity contribution in [3.05, 3.63) is 28.8 Å². The van der Waals surface area contributed by atoms with E-state index in [9.17, 15) is 4.79 Å². The lowest BCUT2D eigenvalue weighted by Gasteiger charge is -2.33. The molecule has 1 aliphatic heterocycles. The van der Waals surface area contributed by atoms with Gasteiger partial charge in [-0.3, -0.25) is 0 Å². The van der Waals surface area contributed by atoms with Crippen molar-refractivity contribution in [3.8, 4) is 0 Å². The molecule has 1 saturated heterocycles. The van der Waals surface area contributed by atoms with Gasteiger partial charge in [-0.2, -0.15) is 0 Å². The van der Waals surface area contributed by atoms with E-state index in [4.69, 9.17) is 21.4 Å². The van der Waals surface area contributed by atoms with Gasteiger partial charge in [-0.05, 0) is 31.0 Å². The quantitative estimate of drug-likeness (QED) is 0.917. The minimum atomic E-state index is -0.996. The minimum absolute atomic E-state index is 0.146. The van der Waals surface area contributed by atoms with Crippen LogP contribution in [0.5, 0.6) is 0 Å². The van der Waals surface area contributed by atoms with E-state index in [1.54, 1.807) is 19.2 Å². The van der Waals surface area contributed by atoms with Crippen LogP contribution in [0.15, 0.2) is 18.2 Å². The molecule has 5 heteroatoms. The molecule has 0 unspecified atom stereocenters. The number of halogens is 1. The van der Waals surface area contributed by atoms with Crippen LogP contribution in [0.25, 0.3) is 0 Å². The summed E-state index contributed by atoms with van der Waals surface area (Å²) in [5.74, 6) is -0.996. The predicted molar refractivity (Wildman–Crippen MR) is 70.7 cm³/mol. The Balaban J connectivity index is 2.11. The van der Waals surface area contributed by atoms with Gasteiger partial charge in [0.1, 0.15) is 0 Å². The van der Waals surface area contributed by atoms with E-state index < -0.39 is 5.97 Å². The van der Waals surface area contributed by atoms with Crippen molar-refractivity contribution < 1.29 is 14.6 Å². The summed E-state index contributed by atoms with van der Waals surface area (Å²) in [7, 11) is 1.73. The van der Waals surface area contributed by atoms with Crippen LogP contribution in [0.1, 0.15) is 23.2 Å². The van der Waals surface area contributed by atoms with Crippen molar-refractivity contribution in [3.63, 3.8) is 0 Å². The normalized spacial score (nSPS) is 16.9. The first kappa shape index (κ1) is 13.2. The molecule has 0 atom stereocenters. The Labute approximate surface area is 111 Å². The van der Waals surface area contributed by atoms with Gasteiger partial charge in [0.05, 0.1) is 16.7 Å². The Hall–Kier alpha value is -1.26. The summed E-state index contributed by atoms with van der Waals surface area (Å²) >= 11 is 5.97. The number of methoxy groups -OCH3 is 1. The lowest BCUT2D eigenvalue weighted by atomic mass is 10.1. The third kappa shape index (κ3) is 2.76. The predicted octanol–water partition coefficient (Wildman–Crippen LogP) is 2.65. The van der Waals surface area contributed by atoms with Gasteiger partial charge in [-0.25, -0.2) is 4.79 Å². The molecular weight excluding hydrogens is 254 g/mol. The van der Waals surface area contributed by atoms with Crippen LogP contribution in [0.2, 0.25) is 5.02 Å². The highest BCUT2D eigenvalue weighted by molar-refractivity contribution is 6.33. The van der Waals surface area contributed by atoms with E-state index in [0.717, 1.165) is 31.6 Å². The number of nitrogens with zero attached hydrogens (tertiary/aromatic N) is 1. The van der Waals surface area contributed by atoms with E-state index in [1.165, 1.54) is 0 Å². The summed E-state index contributed by atoms with van der Waals surface area (Å²) in [6.45, 7) is 1.81. The fourth-order valence-electron chi connectivity index (χ4n) is 2.22. The molecule has 4 nitrogen and oxygen atoms in total. The maximum atomic E-state index is 10.9. The first-order valence-corrected chi connectivity index (χ1v) is 6.30. The maximum Gasteiger partial charge on any atom is 0.337 e. The average Bonchev–Trinajstić information content (AvgIpc) is 2.38. The molecule has 18 heavy (non-hydrogen) atoms. The standard InChI is InChI=1S/C13H16ClNO3/c1-18-10-4-6-15(7-5-10)9-2-3-11(13(16)17)12(14)8-9/h2-3,8,10H,4-7H2,1H3,(H,16,17). The van der Waals surface area contributed by atoms with Crippen molar-refractivity contribution in [2.75, 3.05) is 25.1 Å². The van der Waals surface area contributed by atoms with E-state index in [1.807, 2.05) is 6.07 Å². The number of carboxylic acids is 1. The molecule has 1 heterocycles. The maximum absolute atomic E-state index is 10.9. The van der Waals surface area contributed by atoms with Crippen LogP contribution in [-0.4, -0.2) is 37.4 Å². The largest absolute Gasteiger partial charge is 0.478 e. The molecule has 1 N–H and O–H groups in total. The molecule has 0 bridgehead atoms. The number of rotatable bonds is 3. The summed E-state index contributed by atoms with van der Waals surface area (Å²) in [5.41, 5.74) is 1.12. The molecule has 0 amide bonds. The Bertz CT molecular complexity index is 442. The molecule has 0 aromatic heterocycles. The van der Waals surface area contributed by atoms with Crippen molar-refractivity contribution in [1.82, 2.24) is 0 Å². The average molecular weight is 270 g/mol. The lowest BCUT2D eigenvalue weighted by Crippen LogP contribution is -2.36. The topological polar surface area (TPSA) is 49.8 Å². The molecule has 1 aromatic carbocycles. The molecule has 1 fully saturated rings. The summed E-state index contributed by atoms with van der Waals surface area (Å²) in [6.07, 6.45) is 2.29. The molecule has 0 saturated carbocycles. The van der Waals surface area contributed by atoms with Crippen LogP contribution in [0.3, 0.4) is 0 Å². The van der Waals surface area contributed by atoms with Crippen LogP contribution in [0.4, 0.5) is 5.69 Å². The highest BCUT2D eigenvalue weighted by Crippen LogP contribution is 2.26. The fraction of sp³-hybridized carbons (Fsp3) is 0.462. The molecule has 98 valence electrons. The number of ether oxygens (including phenoxy) is 1. The Morgan fingerprint density at radius 2 is 2.11 bits per heavy atom. The van der Waals surface area contributed by atoms with Gasteiger partial charge < -0.3 is 14.7 Å². The van der Waals surface area contributed by atoms with Crippen molar-refractivity contribution >= 4 is 23.3 Å². The summed E-state index contributed by atoms with van der Waals surface area (Å²) < 4.78 is 5.32. The third-order valence-electron chi connectivity index (χ3n) is 3.32. The number of piperidine rings is 1. The smallest absolute Gasteiger partial charge is 0.337 e. The van der Waals surface area contributed by atoms with Gasteiger partial charge in [-0.15, -0.1) is 0 Å². The number of aromatic carboxylic acids is 1. The van der Waals surface area contributed by atoms with Crippen molar-refractivity contribution in [1.29, 1.82) is 0 Å². The Kier molecular flexibility index (Phi) is 4.09. The van der Waals surface area contributed by atoms with E-state index in [0.29, 0.717) is 6.10 Å². The molecule has 1 aliphatic rings. The van der Waals surface area contributed by atoms with E-state index in [-0.39, 0.29) is 10.6 Å². The molecular formula is C13H16ClNO3. The van der Waals surface area contributed by atoms with Crippen molar-refractivity contribution in [2.45, 2.75) is 18.9 Å². The number of carboxylic acid groups (broad SMARTS) is 1. The third-order valence-corrected chi connectivity index (χ3v) is 3.64. The fourth-order valence-corrected chi connectivity index (χ4v) is 2.48. The van der Waals surface area contributed by atoms with Gasteiger partial charge in [0.15, 0.2) is 0 Å². The van der Waals surface area contributed by atoms with Gasteiger partial charge in [0, 0.05) is 25.9 Å². The zero-order chi connectivity index (χ0) is 13.1. The second-order valence-corrected chi connectivity index (χ2v) is 4.80. The summed E-state index contributed by atoms with van der Waals surface area (Å²) in [6, 6.07) is 5.09. The number of carbonyl (C=O) groups is 1. The highest BCUT2D eigenvalue weighted by atomic mass is 35.5. The zero-order valence-corrected chi connectivity index (χ0v) is 11.0. The van der Waals surface area contributed by atoms with Crippen molar-refractivity contribution in [2.24, 2.45) is 0 Å². The van der Waals surface area contributed by atoms with E-state index in [2.05, 4.69) is 4.90 Å². The second kappa shape index (κ2) is 5.59. The number of hydrogen-bond acceptors (Lipinski definition) is 3. The number of anilines is 1. The Morgan fingerprint density at radius 3 is 2.61 bits per heavy atom. The van der Waals surface area contributed by atoms with Gasteiger partial charge >= 0.3 is 5.97 Å². The molecule has 0 aliphatic carbocycles. The molecule has 0 spiro atoms. The molecule has 0 radical (unpaired) electrons. The SMILES string of the molecule is COC1CCN(c2ccc(C(=O)O)c(Cl)c2)CC1. The van der Waals surface area contributed by atoms with Crippen LogP contribution < -0.4 is 4.90 Å². The summed E-state index contributed by atoms with van der Waals surface area (Å²) in [5, 5.41) is 9.20. The first-order chi connectivity index (χ1) is 8.61. The highest BCUT2D eigenvalue weighted by Gasteiger charge is 2.20. The molecule has 1 aromatic rings. The first-order valence-electron chi connectivity index (χ1n) is 5.92. The number of benzene rings is 1. The minimum Gasteiger partial charge on any atom is -0.478 e. The van der Waals surface area contributed by atoms with Gasteiger partial charge in [0.2, 0.25) is 0 Å². The number of hydrogen-bond donors (Lipinski definition) is 1. The monoisotopic (exact) mass is 269 g/mol. The summed E-state index contributed by atoms with van der Waals surface area (Å²) in [4.78, 5) is 13.1. The van der Waals surface area contributed by atoms with Crippen LogP contribution in [-0.2, 0) is 4.74 Å². The second-order valence-electron chi connectivity index (χ2n) is 4.39. The zero-order valence-electron chi connectivity index (χ0n) is 10.2. The van der Waals surface area contributed by atoms with E-state index >= 15 is 0 Å². The van der Waals surface area contributed by atoms with Gasteiger partial charge in [0.25, 0.3) is 0 Å². The molecule has 2 rings (SSSR count). The van der Waals surface area contributed by atoms with Gasteiger partial charge in [-0.1, -0.05) is 11.6 Å². The van der Waals surface area contributed by atoms with Crippen LogP contribution in [0, 0.1) is 0 Å². The Morgan fingerprint density at radius 1 is 1.44 bits per heavy atom. The van der Waals surface area contributed by atoms with Crippen LogP contribution >= 0.6 is 11.6 Å².